The van der Waals surface area contributed by atoms with Gasteiger partial charge in [0.1, 0.15) is 12.2 Å². The zero-order chi connectivity index (χ0) is 18.4. The van der Waals surface area contributed by atoms with Gasteiger partial charge in [-0.05, 0) is 29.6 Å². The molecule has 3 rings (SSSR count). The maximum absolute atomic E-state index is 12.3. The summed E-state index contributed by atoms with van der Waals surface area (Å²) < 4.78 is 10.2. The lowest BCUT2D eigenvalue weighted by molar-refractivity contribution is 0.102. The predicted octanol–water partition coefficient (Wildman–Crippen LogP) is 2.78. The second kappa shape index (κ2) is 8.41. The summed E-state index contributed by atoms with van der Waals surface area (Å²) in [5.74, 6) is -0.0722. The molecule has 0 atom stereocenters. The smallest absolute Gasteiger partial charge is 0.261 e. The van der Waals surface area contributed by atoms with E-state index in [1.54, 1.807) is 25.3 Å². The third-order valence-corrected chi connectivity index (χ3v) is 4.38. The normalized spacial score (nSPS) is 10.5. The van der Waals surface area contributed by atoms with Crippen LogP contribution in [-0.4, -0.2) is 36.2 Å². The molecular formula is C18H17N3O4S. The Morgan fingerprint density at radius 2 is 2.12 bits per heavy atom. The van der Waals surface area contributed by atoms with E-state index in [9.17, 15) is 9.59 Å². The van der Waals surface area contributed by atoms with E-state index < -0.39 is 11.5 Å². The molecule has 3 aromatic heterocycles. The van der Waals surface area contributed by atoms with Gasteiger partial charge >= 0.3 is 0 Å². The Morgan fingerprint density at radius 1 is 1.23 bits per heavy atom. The number of carbonyl (C=O) groups is 1. The van der Waals surface area contributed by atoms with Gasteiger partial charge in [0.25, 0.3) is 11.5 Å². The standard InChI is InChI=1S/C18H17N3O4S/c1-24-8-9-25-16-7-4-12(11-19-16)20-17(22)13-5-6-14(21-18(13)23)15-3-2-10-26-15/h2-7,10-11H,8-9H2,1H3,(H,20,22)(H,21,23). The van der Waals surface area contributed by atoms with Crippen molar-refractivity contribution in [2.45, 2.75) is 0 Å². The Kier molecular flexibility index (Phi) is 5.77. The van der Waals surface area contributed by atoms with E-state index in [1.807, 2.05) is 17.5 Å². The minimum atomic E-state index is -0.501. The Morgan fingerprint density at radius 3 is 2.77 bits per heavy atom. The minimum Gasteiger partial charge on any atom is -0.475 e. The van der Waals surface area contributed by atoms with Crippen molar-refractivity contribution in [3.8, 4) is 16.5 Å². The molecule has 0 aliphatic rings. The number of carbonyl (C=O) groups excluding carboxylic acids is 1. The Balaban J connectivity index is 1.67. The molecule has 0 aliphatic heterocycles. The maximum atomic E-state index is 12.3. The van der Waals surface area contributed by atoms with Gasteiger partial charge in [-0.1, -0.05) is 6.07 Å². The Labute approximate surface area is 153 Å². The summed E-state index contributed by atoms with van der Waals surface area (Å²) in [4.78, 5) is 32.3. The molecule has 26 heavy (non-hydrogen) atoms. The molecule has 0 bridgehead atoms. The van der Waals surface area contributed by atoms with Crippen molar-refractivity contribution >= 4 is 22.9 Å². The van der Waals surface area contributed by atoms with Crippen molar-refractivity contribution in [2.75, 3.05) is 25.6 Å². The van der Waals surface area contributed by atoms with Gasteiger partial charge < -0.3 is 19.8 Å². The highest BCUT2D eigenvalue weighted by Crippen LogP contribution is 2.21. The second-order valence-electron chi connectivity index (χ2n) is 5.27. The first kappa shape index (κ1) is 17.8. The van der Waals surface area contributed by atoms with Crippen LogP contribution in [0.25, 0.3) is 10.6 Å². The summed E-state index contributed by atoms with van der Waals surface area (Å²) in [5, 5.41) is 4.57. The number of nitrogens with zero attached hydrogens (tertiary/aromatic N) is 1. The second-order valence-corrected chi connectivity index (χ2v) is 6.22. The van der Waals surface area contributed by atoms with Crippen LogP contribution in [0, 0.1) is 0 Å². The summed E-state index contributed by atoms with van der Waals surface area (Å²) in [6, 6.07) is 10.3. The van der Waals surface area contributed by atoms with E-state index in [0.29, 0.717) is 30.5 Å². The van der Waals surface area contributed by atoms with E-state index >= 15 is 0 Å². The monoisotopic (exact) mass is 371 g/mol. The number of aromatic amines is 1. The van der Waals surface area contributed by atoms with Crippen molar-refractivity contribution < 1.29 is 14.3 Å². The summed E-state index contributed by atoms with van der Waals surface area (Å²) in [7, 11) is 1.59. The van der Waals surface area contributed by atoms with Gasteiger partial charge in [0.15, 0.2) is 0 Å². The quantitative estimate of drug-likeness (QED) is 0.623. The van der Waals surface area contributed by atoms with E-state index in [-0.39, 0.29) is 5.56 Å². The van der Waals surface area contributed by atoms with Gasteiger partial charge in [-0.15, -0.1) is 11.3 Å². The Bertz CT molecular complexity index is 920. The van der Waals surface area contributed by atoms with Crippen molar-refractivity contribution in [1.29, 1.82) is 0 Å². The number of aromatic nitrogens is 2. The molecule has 8 heteroatoms. The van der Waals surface area contributed by atoms with Crippen LogP contribution in [0.1, 0.15) is 10.4 Å². The molecular weight excluding hydrogens is 354 g/mol. The Hall–Kier alpha value is -2.97. The first-order valence-corrected chi connectivity index (χ1v) is 8.71. The highest BCUT2D eigenvalue weighted by molar-refractivity contribution is 7.13. The summed E-state index contributed by atoms with van der Waals surface area (Å²) in [6.07, 6.45) is 1.47. The molecule has 0 saturated carbocycles. The van der Waals surface area contributed by atoms with Gasteiger partial charge in [0, 0.05) is 13.2 Å². The minimum absolute atomic E-state index is 0.0331. The molecule has 0 saturated heterocycles. The first-order chi connectivity index (χ1) is 12.7. The molecule has 0 spiro atoms. The van der Waals surface area contributed by atoms with Crippen molar-refractivity contribution in [2.24, 2.45) is 0 Å². The van der Waals surface area contributed by atoms with E-state index in [1.165, 1.54) is 23.6 Å². The number of pyridine rings is 2. The number of H-pyrrole nitrogens is 1. The van der Waals surface area contributed by atoms with Gasteiger partial charge in [0.2, 0.25) is 5.88 Å². The van der Waals surface area contributed by atoms with Crippen LogP contribution < -0.4 is 15.6 Å². The van der Waals surface area contributed by atoms with Gasteiger partial charge in [0.05, 0.1) is 29.1 Å². The fourth-order valence-electron chi connectivity index (χ4n) is 2.20. The lowest BCUT2D eigenvalue weighted by atomic mass is 10.2. The fraction of sp³-hybridized carbons (Fsp3) is 0.167. The molecule has 0 radical (unpaired) electrons. The van der Waals surface area contributed by atoms with Crippen LogP contribution >= 0.6 is 11.3 Å². The lowest BCUT2D eigenvalue weighted by Gasteiger charge is -2.07. The number of nitrogens with one attached hydrogen (secondary N) is 2. The number of hydrogen-bond donors (Lipinski definition) is 2. The van der Waals surface area contributed by atoms with E-state index in [4.69, 9.17) is 9.47 Å². The van der Waals surface area contributed by atoms with Crippen molar-refractivity contribution in [3.63, 3.8) is 0 Å². The zero-order valence-corrected chi connectivity index (χ0v) is 14.8. The van der Waals surface area contributed by atoms with Crippen molar-refractivity contribution in [1.82, 2.24) is 9.97 Å². The van der Waals surface area contributed by atoms with Gasteiger partial charge in [-0.3, -0.25) is 9.59 Å². The average Bonchev–Trinajstić information content (AvgIpc) is 3.18. The van der Waals surface area contributed by atoms with Crippen molar-refractivity contribution in [3.05, 3.63) is 63.9 Å². The first-order valence-electron chi connectivity index (χ1n) is 7.83. The number of anilines is 1. The number of ether oxygens (including phenoxy) is 2. The molecule has 1 amide bonds. The van der Waals surface area contributed by atoms with Crippen LogP contribution in [-0.2, 0) is 4.74 Å². The topological polar surface area (TPSA) is 93.3 Å². The summed E-state index contributed by atoms with van der Waals surface area (Å²) in [5.41, 5.74) is 0.739. The summed E-state index contributed by atoms with van der Waals surface area (Å²) >= 11 is 1.51. The molecule has 0 fully saturated rings. The number of methoxy groups -OCH3 is 1. The van der Waals surface area contributed by atoms with Crippen LogP contribution in [0.5, 0.6) is 5.88 Å². The van der Waals surface area contributed by atoms with Crippen LogP contribution in [0.3, 0.4) is 0 Å². The van der Waals surface area contributed by atoms with E-state index in [0.717, 1.165) is 4.88 Å². The highest BCUT2D eigenvalue weighted by Gasteiger charge is 2.12. The number of thiophene rings is 1. The zero-order valence-electron chi connectivity index (χ0n) is 14.0. The number of amides is 1. The van der Waals surface area contributed by atoms with Gasteiger partial charge in [-0.2, -0.15) is 0 Å². The molecule has 3 aromatic rings. The maximum Gasteiger partial charge on any atom is 0.261 e. The molecule has 134 valence electrons. The van der Waals surface area contributed by atoms with Crippen LogP contribution in [0.2, 0.25) is 0 Å². The van der Waals surface area contributed by atoms with E-state index in [2.05, 4.69) is 15.3 Å². The molecule has 3 heterocycles. The number of rotatable bonds is 7. The van der Waals surface area contributed by atoms with Crippen LogP contribution in [0.15, 0.2) is 52.8 Å². The largest absolute Gasteiger partial charge is 0.475 e. The third kappa shape index (κ3) is 4.35. The summed E-state index contributed by atoms with van der Waals surface area (Å²) in [6.45, 7) is 0.853. The average molecular weight is 371 g/mol. The third-order valence-electron chi connectivity index (χ3n) is 3.47. The molecule has 0 aliphatic carbocycles. The molecule has 0 aromatic carbocycles. The SMILES string of the molecule is COCCOc1ccc(NC(=O)c2ccc(-c3cccs3)[nH]c2=O)cn1. The number of hydrogen-bond acceptors (Lipinski definition) is 6. The van der Waals surface area contributed by atoms with Crippen LogP contribution in [0.4, 0.5) is 5.69 Å². The molecule has 2 N–H and O–H groups in total. The molecule has 7 nitrogen and oxygen atoms in total. The fourth-order valence-corrected chi connectivity index (χ4v) is 2.90. The predicted molar refractivity (Wildman–Crippen MR) is 99.9 cm³/mol. The lowest BCUT2D eigenvalue weighted by Crippen LogP contribution is -2.23. The highest BCUT2D eigenvalue weighted by atomic mass is 32.1. The van der Waals surface area contributed by atoms with Gasteiger partial charge in [-0.25, -0.2) is 4.98 Å². The molecule has 0 unspecified atom stereocenters.